The van der Waals surface area contributed by atoms with Gasteiger partial charge in [-0.05, 0) is 31.0 Å². The molecule has 1 aromatic carbocycles. The van der Waals surface area contributed by atoms with E-state index < -0.39 is 0 Å². The van der Waals surface area contributed by atoms with Gasteiger partial charge in [0.15, 0.2) is 0 Å². The lowest BCUT2D eigenvalue weighted by atomic mass is 10.1. The molecule has 0 aliphatic rings. The van der Waals surface area contributed by atoms with E-state index in [1.165, 1.54) is 43.2 Å². The second kappa shape index (κ2) is 6.71. The van der Waals surface area contributed by atoms with Gasteiger partial charge in [0, 0.05) is 6.54 Å². The molecule has 0 fully saturated rings. The molecule has 0 aliphatic carbocycles. The summed E-state index contributed by atoms with van der Waals surface area (Å²) in [6.45, 7) is 5.90. The van der Waals surface area contributed by atoms with E-state index >= 15 is 0 Å². The summed E-state index contributed by atoms with van der Waals surface area (Å²) in [5.41, 5.74) is 9.38. The number of aryl methyl sites for hydroxylation is 2. The summed E-state index contributed by atoms with van der Waals surface area (Å²) in [7, 11) is 0. The van der Waals surface area contributed by atoms with E-state index in [2.05, 4.69) is 41.6 Å². The maximum atomic E-state index is 5.82. The normalized spacial score (nSPS) is 11.3. The minimum Gasteiger partial charge on any atom is -0.327 e. The van der Waals surface area contributed by atoms with Gasteiger partial charge < -0.3 is 10.3 Å². The van der Waals surface area contributed by atoms with Crippen LogP contribution in [0.1, 0.15) is 50.4 Å². The van der Waals surface area contributed by atoms with Crippen LogP contribution in [0.15, 0.2) is 18.2 Å². The third-order valence-corrected chi connectivity index (χ3v) is 3.65. The van der Waals surface area contributed by atoms with E-state index in [-0.39, 0.29) is 0 Å². The first kappa shape index (κ1) is 14.1. The van der Waals surface area contributed by atoms with Crippen molar-refractivity contribution in [3.8, 4) is 0 Å². The standard InChI is InChI=1S/C16H25N3/c1-3-4-5-6-7-10-19-15-9-8-13(2)11-14(15)18-16(19)12-17/h8-9,11H,3-7,10,12,17H2,1-2H3. The van der Waals surface area contributed by atoms with Crippen LogP contribution < -0.4 is 5.73 Å². The Kier molecular flexibility index (Phi) is 4.97. The first-order valence-electron chi connectivity index (χ1n) is 7.42. The summed E-state index contributed by atoms with van der Waals surface area (Å²) in [5.74, 6) is 1.01. The van der Waals surface area contributed by atoms with E-state index in [1.54, 1.807) is 0 Å². The van der Waals surface area contributed by atoms with Crippen molar-refractivity contribution in [1.82, 2.24) is 9.55 Å². The zero-order valence-electron chi connectivity index (χ0n) is 12.2. The van der Waals surface area contributed by atoms with E-state index in [1.807, 2.05) is 0 Å². The summed E-state index contributed by atoms with van der Waals surface area (Å²) in [6.07, 6.45) is 6.48. The van der Waals surface area contributed by atoms with Crippen LogP contribution in [0.25, 0.3) is 11.0 Å². The van der Waals surface area contributed by atoms with Crippen LogP contribution in [0.5, 0.6) is 0 Å². The van der Waals surface area contributed by atoms with Crippen LogP contribution in [-0.4, -0.2) is 9.55 Å². The predicted molar refractivity (Wildman–Crippen MR) is 81.1 cm³/mol. The fourth-order valence-electron chi connectivity index (χ4n) is 2.57. The first-order valence-corrected chi connectivity index (χ1v) is 7.42. The Morgan fingerprint density at radius 1 is 1.16 bits per heavy atom. The Bertz CT molecular complexity index is 528. The van der Waals surface area contributed by atoms with Crippen molar-refractivity contribution in [3.63, 3.8) is 0 Å². The number of nitrogens with two attached hydrogens (primary N) is 1. The Morgan fingerprint density at radius 3 is 2.68 bits per heavy atom. The number of fused-ring (bicyclic) bond motifs is 1. The van der Waals surface area contributed by atoms with Crippen LogP contribution in [0.4, 0.5) is 0 Å². The first-order chi connectivity index (χ1) is 9.26. The molecule has 0 atom stereocenters. The van der Waals surface area contributed by atoms with E-state index in [0.717, 1.165) is 17.9 Å². The number of imidazole rings is 1. The molecule has 0 spiro atoms. The van der Waals surface area contributed by atoms with Gasteiger partial charge in [-0.3, -0.25) is 0 Å². The molecule has 2 aromatic rings. The van der Waals surface area contributed by atoms with E-state index in [4.69, 9.17) is 5.73 Å². The summed E-state index contributed by atoms with van der Waals surface area (Å²) in [5, 5.41) is 0. The van der Waals surface area contributed by atoms with Crippen LogP contribution in [0.3, 0.4) is 0 Å². The van der Waals surface area contributed by atoms with Gasteiger partial charge in [-0.1, -0.05) is 38.7 Å². The summed E-state index contributed by atoms with van der Waals surface area (Å²) in [4.78, 5) is 4.65. The fraction of sp³-hybridized carbons (Fsp3) is 0.562. The van der Waals surface area contributed by atoms with Gasteiger partial charge in [0.05, 0.1) is 17.6 Å². The maximum absolute atomic E-state index is 5.82. The molecule has 0 bridgehead atoms. The highest BCUT2D eigenvalue weighted by molar-refractivity contribution is 5.76. The molecule has 0 unspecified atom stereocenters. The second-order valence-electron chi connectivity index (χ2n) is 5.29. The number of rotatable bonds is 7. The molecule has 0 radical (unpaired) electrons. The Balaban J connectivity index is 2.11. The predicted octanol–water partition coefficient (Wildman–Crippen LogP) is 3.77. The summed E-state index contributed by atoms with van der Waals surface area (Å²) < 4.78 is 2.29. The smallest absolute Gasteiger partial charge is 0.123 e. The highest BCUT2D eigenvalue weighted by Gasteiger charge is 2.08. The zero-order chi connectivity index (χ0) is 13.7. The van der Waals surface area contributed by atoms with Gasteiger partial charge in [-0.15, -0.1) is 0 Å². The topological polar surface area (TPSA) is 43.8 Å². The molecule has 3 heteroatoms. The van der Waals surface area contributed by atoms with Crippen molar-refractivity contribution in [2.24, 2.45) is 5.73 Å². The van der Waals surface area contributed by atoms with Crippen molar-refractivity contribution < 1.29 is 0 Å². The third kappa shape index (κ3) is 3.35. The molecule has 0 saturated carbocycles. The van der Waals surface area contributed by atoms with Crippen LogP contribution in [0.2, 0.25) is 0 Å². The Morgan fingerprint density at radius 2 is 1.95 bits per heavy atom. The molecule has 3 nitrogen and oxygen atoms in total. The minimum absolute atomic E-state index is 0.517. The number of unbranched alkanes of at least 4 members (excludes halogenated alkanes) is 4. The van der Waals surface area contributed by atoms with Crippen molar-refractivity contribution in [1.29, 1.82) is 0 Å². The van der Waals surface area contributed by atoms with E-state index in [0.29, 0.717) is 6.54 Å². The molecule has 104 valence electrons. The van der Waals surface area contributed by atoms with Gasteiger partial charge in [0.1, 0.15) is 5.82 Å². The highest BCUT2D eigenvalue weighted by atomic mass is 15.1. The quantitative estimate of drug-likeness (QED) is 0.769. The molecule has 2 N–H and O–H groups in total. The highest BCUT2D eigenvalue weighted by Crippen LogP contribution is 2.19. The Hall–Kier alpha value is -1.35. The fourth-order valence-corrected chi connectivity index (χ4v) is 2.57. The van der Waals surface area contributed by atoms with E-state index in [9.17, 15) is 0 Å². The number of benzene rings is 1. The minimum atomic E-state index is 0.517. The largest absolute Gasteiger partial charge is 0.327 e. The van der Waals surface area contributed by atoms with Gasteiger partial charge in [-0.2, -0.15) is 0 Å². The third-order valence-electron chi connectivity index (χ3n) is 3.65. The SMILES string of the molecule is CCCCCCCn1c(CN)nc2cc(C)ccc21. The number of aromatic nitrogens is 2. The summed E-state index contributed by atoms with van der Waals surface area (Å²) in [6, 6.07) is 6.46. The van der Waals surface area contributed by atoms with Gasteiger partial charge in [0.2, 0.25) is 0 Å². The number of hydrogen-bond donors (Lipinski definition) is 1. The molecule has 2 rings (SSSR count). The molecule has 1 heterocycles. The molecule has 1 aromatic heterocycles. The van der Waals surface area contributed by atoms with Crippen molar-refractivity contribution in [2.45, 2.75) is 59.0 Å². The van der Waals surface area contributed by atoms with Crippen LogP contribution in [-0.2, 0) is 13.1 Å². The molecule has 19 heavy (non-hydrogen) atoms. The molecular weight excluding hydrogens is 234 g/mol. The average molecular weight is 259 g/mol. The second-order valence-corrected chi connectivity index (χ2v) is 5.29. The van der Waals surface area contributed by atoms with Crippen LogP contribution in [0, 0.1) is 6.92 Å². The lowest BCUT2D eigenvalue weighted by Gasteiger charge is -2.08. The number of nitrogens with zero attached hydrogens (tertiary/aromatic N) is 2. The number of hydrogen-bond acceptors (Lipinski definition) is 2. The van der Waals surface area contributed by atoms with Gasteiger partial charge >= 0.3 is 0 Å². The Labute approximate surface area is 115 Å². The lowest BCUT2D eigenvalue weighted by molar-refractivity contribution is 0.562. The van der Waals surface area contributed by atoms with Crippen molar-refractivity contribution in [2.75, 3.05) is 0 Å². The maximum Gasteiger partial charge on any atom is 0.123 e. The molecule has 0 amide bonds. The van der Waals surface area contributed by atoms with Crippen molar-refractivity contribution in [3.05, 3.63) is 29.6 Å². The monoisotopic (exact) mass is 259 g/mol. The molecule has 0 saturated heterocycles. The average Bonchev–Trinajstić information content (AvgIpc) is 2.75. The lowest BCUT2D eigenvalue weighted by Crippen LogP contribution is -2.08. The van der Waals surface area contributed by atoms with Crippen LogP contribution >= 0.6 is 0 Å². The van der Waals surface area contributed by atoms with Gasteiger partial charge in [-0.25, -0.2) is 4.98 Å². The van der Waals surface area contributed by atoms with Gasteiger partial charge in [0.25, 0.3) is 0 Å². The molecule has 0 aliphatic heterocycles. The summed E-state index contributed by atoms with van der Waals surface area (Å²) >= 11 is 0. The van der Waals surface area contributed by atoms with Crippen molar-refractivity contribution >= 4 is 11.0 Å². The molecular formula is C16H25N3. The zero-order valence-corrected chi connectivity index (χ0v) is 12.2.